The van der Waals surface area contributed by atoms with Crippen molar-refractivity contribution in [3.63, 3.8) is 0 Å². The van der Waals surface area contributed by atoms with Crippen LogP contribution in [0.3, 0.4) is 0 Å². The van der Waals surface area contributed by atoms with Gasteiger partial charge in [-0.25, -0.2) is 13.1 Å². The SMILES string of the molecule is O=S(=O)(NCCn1ccc(C(F)(F)F)n1)c1ccc(C(F)(F)F)cc1. The fourth-order valence-corrected chi connectivity index (χ4v) is 2.86. The van der Waals surface area contributed by atoms with E-state index < -0.39 is 38.5 Å². The van der Waals surface area contributed by atoms with Crippen molar-refractivity contribution in [1.29, 1.82) is 0 Å². The molecule has 0 aliphatic rings. The number of aromatic nitrogens is 2. The zero-order valence-corrected chi connectivity index (χ0v) is 13.1. The normalized spacial score (nSPS) is 13.2. The molecule has 138 valence electrons. The van der Waals surface area contributed by atoms with Crippen LogP contribution < -0.4 is 4.72 Å². The third-order valence-electron chi connectivity index (χ3n) is 3.06. The molecule has 0 aliphatic carbocycles. The summed E-state index contributed by atoms with van der Waals surface area (Å²) in [6.45, 7) is -0.474. The highest BCUT2D eigenvalue weighted by Gasteiger charge is 2.33. The molecule has 2 aromatic rings. The molecule has 0 saturated carbocycles. The molecule has 1 aromatic heterocycles. The Kier molecular flexibility index (Phi) is 5.14. The summed E-state index contributed by atoms with van der Waals surface area (Å²) in [5.41, 5.74) is -2.11. The van der Waals surface area contributed by atoms with Crippen molar-refractivity contribution in [3.8, 4) is 0 Å². The molecule has 2 rings (SSSR count). The number of rotatable bonds is 5. The van der Waals surface area contributed by atoms with E-state index >= 15 is 0 Å². The molecule has 0 aliphatic heterocycles. The Hall–Kier alpha value is -2.08. The highest BCUT2D eigenvalue weighted by Crippen LogP contribution is 2.29. The lowest BCUT2D eigenvalue weighted by Gasteiger charge is -2.09. The Balaban J connectivity index is 1.99. The lowest BCUT2D eigenvalue weighted by molar-refractivity contribution is -0.141. The van der Waals surface area contributed by atoms with Crippen LogP contribution >= 0.6 is 0 Å². The molecule has 5 nitrogen and oxygen atoms in total. The largest absolute Gasteiger partial charge is 0.435 e. The molecule has 0 amide bonds. The van der Waals surface area contributed by atoms with Crippen molar-refractivity contribution >= 4 is 10.0 Å². The summed E-state index contributed by atoms with van der Waals surface area (Å²) in [6, 6.07) is 3.57. The van der Waals surface area contributed by atoms with Gasteiger partial charge in [-0.1, -0.05) is 0 Å². The second-order valence-electron chi connectivity index (χ2n) is 4.88. The number of benzene rings is 1. The monoisotopic (exact) mass is 387 g/mol. The number of alkyl halides is 6. The predicted molar refractivity (Wildman–Crippen MR) is 73.9 cm³/mol. The zero-order valence-electron chi connectivity index (χ0n) is 12.3. The Labute approximate surface area is 138 Å². The lowest BCUT2D eigenvalue weighted by atomic mass is 10.2. The topological polar surface area (TPSA) is 64.0 Å². The van der Waals surface area contributed by atoms with Crippen molar-refractivity contribution in [2.45, 2.75) is 23.8 Å². The van der Waals surface area contributed by atoms with Gasteiger partial charge in [0.15, 0.2) is 5.69 Å². The van der Waals surface area contributed by atoms with Gasteiger partial charge in [-0.2, -0.15) is 31.4 Å². The molecule has 0 spiro atoms. The van der Waals surface area contributed by atoms with Crippen LogP contribution in [0.25, 0.3) is 0 Å². The summed E-state index contributed by atoms with van der Waals surface area (Å²) in [4.78, 5) is -0.392. The third kappa shape index (κ3) is 4.95. The van der Waals surface area contributed by atoms with Crippen LogP contribution in [-0.4, -0.2) is 24.7 Å². The molecule has 0 radical (unpaired) electrons. The average Bonchev–Trinajstić information content (AvgIpc) is 2.95. The highest BCUT2D eigenvalue weighted by molar-refractivity contribution is 7.89. The van der Waals surface area contributed by atoms with Crippen LogP contribution in [0.1, 0.15) is 11.3 Å². The van der Waals surface area contributed by atoms with Crippen molar-refractivity contribution in [2.75, 3.05) is 6.54 Å². The van der Waals surface area contributed by atoms with Gasteiger partial charge in [0.05, 0.1) is 17.0 Å². The standard InChI is InChI=1S/C13H11F6N3O2S/c14-12(15,16)9-1-3-10(4-2-9)25(23,24)20-6-8-22-7-5-11(21-22)13(17,18)19/h1-5,7,20H,6,8H2. The number of hydrogen-bond acceptors (Lipinski definition) is 3. The van der Waals surface area contributed by atoms with Gasteiger partial charge in [-0.15, -0.1) is 0 Å². The van der Waals surface area contributed by atoms with E-state index in [4.69, 9.17) is 0 Å². The van der Waals surface area contributed by atoms with E-state index in [1.807, 2.05) is 0 Å². The summed E-state index contributed by atoms with van der Waals surface area (Å²) in [5, 5.41) is 3.24. The van der Waals surface area contributed by atoms with E-state index in [9.17, 15) is 34.8 Å². The smallest absolute Gasteiger partial charge is 0.271 e. The predicted octanol–water partition coefficient (Wildman–Crippen LogP) is 2.90. The number of sulfonamides is 1. The molecule has 1 aromatic carbocycles. The number of hydrogen-bond donors (Lipinski definition) is 1. The fraction of sp³-hybridized carbons (Fsp3) is 0.308. The van der Waals surface area contributed by atoms with Gasteiger partial charge in [0, 0.05) is 12.7 Å². The first-order chi connectivity index (χ1) is 11.4. The minimum Gasteiger partial charge on any atom is -0.271 e. The first-order valence-corrected chi connectivity index (χ1v) is 8.15. The highest BCUT2D eigenvalue weighted by atomic mass is 32.2. The molecule has 1 N–H and O–H groups in total. The minimum atomic E-state index is -4.61. The Morgan fingerprint density at radius 1 is 0.960 bits per heavy atom. The quantitative estimate of drug-likeness (QED) is 0.803. The van der Waals surface area contributed by atoms with Crippen LogP contribution in [0, 0.1) is 0 Å². The molecule has 0 saturated heterocycles. The molecule has 0 atom stereocenters. The van der Waals surface area contributed by atoms with E-state index in [1.54, 1.807) is 0 Å². The van der Waals surface area contributed by atoms with Crippen LogP contribution in [0.4, 0.5) is 26.3 Å². The maximum Gasteiger partial charge on any atom is 0.435 e. The summed E-state index contributed by atoms with van der Waals surface area (Å²) < 4.78 is 101. The van der Waals surface area contributed by atoms with Crippen molar-refractivity contribution in [3.05, 3.63) is 47.8 Å². The van der Waals surface area contributed by atoms with Gasteiger partial charge in [-0.3, -0.25) is 4.68 Å². The minimum absolute atomic E-state index is 0.185. The van der Waals surface area contributed by atoms with Crippen LogP contribution in [0.15, 0.2) is 41.4 Å². The second-order valence-corrected chi connectivity index (χ2v) is 6.65. The van der Waals surface area contributed by atoms with Crippen LogP contribution in [0.2, 0.25) is 0 Å². The van der Waals surface area contributed by atoms with Crippen molar-refractivity contribution in [1.82, 2.24) is 14.5 Å². The molecule has 0 bridgehead atoms. The summed E-state index contributed by atoms with van der Waals surface area (Å²) in [7, 11) is -4.09. The number of nitrogens with zero attached hydrogens (tertiary/aromatic N) is 2. The molecule has 1 heterocycles. The lowest BCUT2D eigenvalue weighted by Crippen LogP contribution is -2.27. The zero-order chi connectivity index (χ0) is 18.9. The van der Waals surface area contributed by atoms with E-state index in [2.05, 4.69) is 9.82 Å². The summed E-state index contributed by atoms with van der Waals surface area (Å²) in [5.74, 6) is 0. The van der Waals surface area contributed by atoms with E-state index in [0.29, 0.717) is 12.1 Å². The number of nitrogens with one attached hydrogen (secondary N) is 1. The Morgan fingerprint density at radius 2 is 1.56 bits per heavy atom. The first-order valence-electron chi connectivity index (χ1n) is 6.67. The second kappa shape index (κ2) is 6.67. The van der Waals surface area contributed by atoms with Gasteiger partial charge in [0.2, 0.25) is 10.0 Å². The van der Waals surface area contributed by atoms with Crippen molar-refractivity contribution < 1.29 is 34.8 Å². The molecule has 0 unspecified atom stereocenters. The third-order valence-corrected chi connectivity index (χ3v) is 4.53. The van der Waals surface area contributed by atoms with Gasteiger partial charge >= 0.3 is 12.4 Å². The first kappa shape index (κ1) is 19.2. The Bertz CT molecular complexity index is 825. The van der Waals surface area contributed by atoms with Gasteiger partial charge in [0.25, 0.3) is 0 Å². The van der Waals surface area contributed by atoms with Crippen LogP contribution in [0.5, 0.6) is 0 Å². The van der Waals surface area contributed by atoms with Gasteiger partial charge < -0.3 is 0 Å². The molecule has 12 heteroatoms. The van der Waals surface area contributed by atoms with Gasteiger partial charge in [0.1, 0.15) is 0 Å². The maximum atomic E-state index is 12.4. The number of halogens is 6. The van der Waals surface area contributed by atoms with E-state index in [-0.39, 0.29) is 13.1 Å². The maximum absolute atomic E-state index is 12.4. The van der Waals surface area contributed by atoms with Gasteiger partial charge in [-0.05, 0) is 30.3 Å². The molecule has 25 heavy (non-hydrogen) atoms. The molecular weight excluding hydrogens is 376 g/mol. The van der Waals surface area contributed by atoms with E-state index in [1.165, 1.54) is 0 Å². The fourth-order valence-electron chi connectivity index (χ4n) is 1.84. The summed E-state index contributed by atoms with van der Waals surface area (Å²) in [6.07, 6.45) is -8.16. The molecular formula is C13H11F6N3O2S. The van der Waals surface area contributed by atoms with Crippen molar-refractivity contribution in [2.24, 2.45) is 0 Å². The average molecular weight is 387 g/mol. The Morgan fingerprint density at radius 3 is 2.04 bits per heavy atom. The van der Waals surface area contributed by atoms with E-state index in [0.717, 1.165) is 29.1 Å². The van der Waals surface area contributed by atoms with Crippen LogP contribution in [-0.2, 0) is 28.9 Å². The molecule has 0 fully saturated rings. The summed E-state index contributed by atoms with van der Waals surface area (Å²) >= 11 is 0.